The van der Waals surface area contributed by atoms with Crippen molar-refractivity contribution in [3.05, 3.63) is 78.5 Å². The van der Waals surface area contributed by atoms with Crippen LogP contribution < -0.4 is 10.6 Å². The summed E-state index contributed by atoms with van der Waals surface area (Å²) in [6, 6.07) is 22.9. The molecular weight excluding hydrogens is 452 g/mol. The molecule has 1 aliphatic heterocycles. The number of benzene rings is 2. The Morgan fingerprint density at radius 1 is 0.972 bits per heavy atom. The molecule has 0 radical (unpaired) electrons. The van der Waals surface area contributed by atoms with Gasteiger partial charge in [0.05, 0.1) is 11.2 Å². The number of hydrogen-bond donors (Lipinski definition) is 2. The first-order valence-corrected chi connectivity index (χ1v) is 12.2. The molecule has 2 aliphatic rings. The minimum absolute atomic E-state index is 0.127. The van der Waals surface area contributed by atoms with E-state index >= 15 is 0 Å². The number of aromatic nitrogens is 2. The zero-order chi connectivity index (χ0) is 25.1. The highest BCUT2D eigenvalue weighted by Gasteiger charge is 2.34. The van der Waals surface area contributed by atoms with E-state index < -0.39 is 0 Å². The predicted molar refractivity (Wildman–Crippen MR) is 140 cm³/mol. The van der Waals surface area contributed by atoms with Crippen LogP contribution in [0.5, 0.6) is 0 Å². The molecule has 4 aromatic rings. The van der Waals surface area contributed by atoms with E-state index in [2.05, 4.69) is 47.4 Å². The lowest BCUT2D eigenvalue weighted by atomic mass is 9.72. The zero-order valence-electron chi connectivity index (χ0n) is 19.9. The van der Waals surface area contributed by atoms with Crippen LogP contribution in [0.4, 0.5) is 5.82 Å². The van der Waals surface area contributed by atoms with Gasteiger partial charge in [0.25, 0.3) is 6.47 Å². The second kappa shape index (κ2) is 9.87. The molecule has 2 aromatic carbocycles. The normalized spacial score (nSPS) is 16.2. The van der Waals surface area contributed by atoms with Crippen LogP contribution in [0.25, 0.3) is 33.3 Å². The van der Waals surface area contributed by atoms with E-state index in [4.69, 9.17) is 20.6 Å². The Morgan fingerprint density at radius 2 is 1.69 bits per heavy atom. The second-order valence-corrected chi connectivity index (χ2v) is 9.29. The quantitative estimate of drug-likeness (QED) is 0.392. The molecule has 0 unspecified atom stereocenters. The summed E-state index contributed by atoms with van der Waals surface area (Å²) in [4.78, 5) is 32.3. The molecule has 36 heavy (non-hydrogen) atoms. The van der Waals surface area contributed by atoms with Gasteiger partial charge in [-0.05, 0) is 48.9 Å². The van der Waals surface area contributed by atoms with Crippen molar-refractivity contribution >= 4 is 29.1 Å². The van der Waals surface area contributed by atoms with E-state index in [1.54, 1.807) is 11.1 Å². The van der Waals surface area contributed by atoms with Gasteiger partial charge in [-0.15, -0.1) is 0 Å². The molecular formula is C29H28N4O3. The number of carbonyl (C=O) groups is 2. The van der Waals surface area contributed by atoms with Gasteiger partial charge in [0.15, 0.2) is 0 Å². The van der Waals surface area contributed by atoms with Gasteiger partial charge in [-0.3, -0.25) is 14.5 Å². The molecule has 1 saturated heterocycles. The summed E-state index contributed by atoms with van der Waals surface area (Å²) >= 11 is 0. The largest absolute Gasteiger partial charge is 0.483 e. The first-order valence-electron chi connectivity index (χ1n) is 12.2. The van der Waals surface area contributed by atoms with Crippen molar-refractivity contribution in [1.82, 2.24) is 9.97 Å². The summed E-state index contributed by atoms with van der Waals surface area (Å²) in [7, 11) is 0. The van der Waals surface area contributed by atoms with Crippen LogP contribution >= 0.6 is 0 Å². The Bertz CT molecular complexity index is 1400. The number of amides is 1. The van der Waals surface area contributed by atoms with Gasteiger partial charge in [0, 0.05) is 41.2 Å². The van der Waals surface area contributed by atoms with Crippen LogP contribution in [-0.2, 0) is 15.1 Å². The van der Waals surface area contributed by atoms with Crippen molar-refractivity contribution in [3.63, 3.8) is 0 Å². The van der Waals surface area contributed by atoms with E-state index in [9.17, 15) is 4.79 Å². The lowest BCUT2D eigenvalue weighted by molar-refractivity contribution is -0.123. The Balaban J connectivity index is 0.000000848. The third-order valence-electron chi connectivity index (χ3n) is 7.12. The maximum Gasteiger partial charge on any atom is 0.290 e. The van der Waals surface area contributed by atoms with Gasteiger partial charge in [-0.2, -0.15) is 0 Å². The van der Waals surface area contributed by atoms with Gasteiger partial charge in [0.1, 0.15) is 5.82 Å². The van der Waals surface area contributed by atoms with Crippen LogP contribution in [0, 0.1) is 0 Å². The highest BCUT2D eigenvalue weighted by molar-refractivity contribution is 6.04. The third-order valence-corrected chi connectivity index (χ3v) is 7.12. The lowest BCUT2D eigenvalue weighted by Crippen LogP contribution is -2.43. The minimum atomic E-state index is -0.250. The molecule has 1 amide bonds. The minimum Gasteiger partial charge on any atom is -0.483 e. The maximum atomic E-state index is 12.5. The molecule has 1 saturated carbocycles. The van der Waals surface area contributed by atoms with Crippen molar-refractivity contribution in [3.8, 4) is 22.4 Å². The van der Waals surface area contributed by atoms with Gasteiger partial charge >= 0.3 is 0 Å². The van der Waals surface area contributed by atoms with Crippen LogP contribution in [0.1, 0.15) is 37.7 Å². The molecule has 7 heteroatoms. The molecule has 2 aromatic heterocycles. The van der Waals surface area contributed by atoms with E-state index in [-0.39, 0.29) is 17.9 Å². The van der Waals surface area contributed by atoms with Gasteiger partial charge in [-0.1, -0.05) is 54.6 Å². The highest BCUT2D eigenvalue weighted by Crippen LogP contribution is 2.40. The topological polar surface area (TPSA) is 109 Å². The summed E-state index contributed by atoms with van der Waals surface area (Å²) < 4.78 is 0. The van der Waals surface area contributed by atoms with Crippen molar-refractivity contribution in [2.24, 2.45) is 5.73 Å². The Hall–Kier alpha value is -4.10. The van der Waals surface area contributed by atoms with Gasteiger partial charge in [0.2, 0.25) is 5.91 Å². The molecule has 7 nitrogen and oxygen atoms in total. The van der Waals surface area contributed by atoms with Crippen molar-refractivity contribution in [1.29, 1.82) is 0 Å². The molecule has 1 aliphatic carbocycles. The fourth-order valence-electron chi connectivity index (χ4n) is 5.03. The molecule has 182 valence electrons. The number of hydrogen-bond acceptors (Lipinski definition) is 5. The molecule has 0 spiro atoms. The average molecular weight is 481 g/mol. The van der Waals surface area contributed by atoms with E-state index in [0.29, 0.717) is 18.8 Å². The van der Waals surface area contributed by atoms with Crippen molar-refractivity contribution < 1.29 is 14.7 Å². The van der Waals surface area contributed by atoms with Gasteiger partial charge < -0.3 is 10.8 Å². The number of carbonyl (C=O) groups excluding carboxylic acids is 1. The fraction of sp³-hybridized carbons (Fsp3) is 0.241. The average Bonchev–Trinajstić information content (AvgIpc) is 3.33. The van der Waals surface area contributed by atoms with E-state index in [1.165, 1.54) is 12.0 Å². The lowest BCUT2D eigenvalue weighted by Gasteiger charge is -2.38. The SMILES string of the molecule is NC1(c2ccc(-c3nc4ccnc(N5CCCC5=O)c4cc3-c3ccccc3)cc2)CCC1.O=CO. The van der Waals surface area contributed by atoms with Crippen LogP contribution in [0.2, 0.25) is 0 Å². The Morgan fingerprint density at radius 3 is 2.31 bits per heavy atom. The standard InChI is InChI=1S/C28H26N4O.CH2O2/c29-28(14-5-15-28)21-11-9-20(10-12-21)26-22(19-6-2-1-3-7-19)18-23-24(31-26)13-16-30-27(23)32-17-4-8-25(32)33;2-1-3/h1-3,6-7,9-13,16,18H,4-5,8,14-15,17,29H2;1H,(H,2,3). The number of pyridine rings is 2. The number of nitrogens with two attached hydrogens (primary N) is 1. The van der Waals surface area contributed by atoms with Crippen LogP contribution in [-0.4, -0.2) is 34.0 Å². The predicted octanol–water partition coefficient (Wildman–Crippen LogP) is 5.13. The second-order valence-electron chi connectivity index (χ2n) is 9.29. The first kappa shape index (κ1) is 23.6. The first-order chi connectivity index (χ1) is 17.5. The molecule has 2 fully saturated rings. The summed E-state index contributed by atoms with van der Waals surface area (Å²) in [5.74, 6) is 0.833. The van der Waals surface area contributed by atoms with E-state index in [1.807, 2.05) is 24.3 Å². The molecule has 3 N–H and O–H groups in total. The number of nitrogens with zero attached hydrogens (tertiary/aromatic N) is 3. The Labute approximate surface area is 209 Å². The van der Waals surface area contributed by atoms with Crippen molar-refractivity contribution in [2.45, 2.75) is 37.6 Å². The number of carboxylic acid groups (broad SMARTS) is 1. The van der Waals surface area contributed by atoms with Crippen LogP contribution in [0.15, 0.2) is 72.9 Å². The summed E-state index contributed by atoms with van der Waals surface area (Å²) in [5, 5.41) is 7.79. The molecule has 6 rings (SSSR count). The summed E-state index contributed by atoms with van der Waals surface area (Å²) in [5.41, 5.74) is 12.5. The van der Waals surface area contributed by atoms with Gasteiger partial charge in [-0.25, -0.2) is 9.97 Å². The smallest absolute Gasteiger partial charge is 0.290 e. The monoisotopic (exact) mass is 480 g/mol. The summed E-state index contributed by atoms with van der Waals surface area (Å²) in [6.45, 7) is 0.454. The third kappa shape index (κ3) is 4.33. The van der Waals surface area contributed by atoms with E-state index in [0.717, 1.165) is 52.5 Å². The zero-order valence-corrected chi connectivity index (χ0v) is 19.9. The Kier molecular flexibility index (Phi) is 6.48. The number of fused-ring (bicyclic) bond motifs is 1. The molecule has 0 bridgehead atoms. The van der Waals surface area contributed by atoms with Crippen molar-refractivity contribution in [2.75, 3.05) is 11.4 Å². The van der Waals surface area contributed by atoms with Crippen LogP contribution in [0.3, 0.4) is 0 Å². The number of rotatable bonds is 4. The maximum absolute atomic E-state index is 12.5. The molecule has 0 atom stereocenters. The molecule has 3 heterocycles. The fourth-order valence-corrected chi connectivity index (χ4v) is 5.03. The highest BCUT2D eigenvalue weighted by atomic mass is 16.3. The summed E-state index contributed by atoms with van der Waals surface area (Å²) in [6.07, 6.45) is 6.47. The number of anilines is 1.